The van der Waals surface area contributed by atoms with Crippen molar-refractivity contribution < 1.29 is 14.4 Å². The lowest BCUT2D eigenvalue weighted by Crippen LogP contribution is -2.45. The van der Waals surface area contributed by atoms with Crippen LogP contribution in [-0.2, 0) is 4.79 Å². The largest absolute Gasteiger partial charge is 0.544 e. The third-order valence-corrected chi connectivity index (χ3v) is 5.66. The van der Waals surface area contributed by atoms with E-state index >= 15 is 0 Å². The maximum absolute atomic E-state index is 9.89. The maximum Gasteiger partial charge on any atom is 0.118 e. The first-order chi connectivity index (χ1) is 14.8. The van der Waals surface area contributed by atoms with Gasteiger partial charge in [-0.1, -0.05) is 103 Å². The summed E-state index contributed by atoms with van der Waals surface area (Å²) in [7, 11) is 5.40. The van der Waals surface area contributed by atoms with Gasteiger partial charge in [-0.05, 0) is 6.42 Å². The fourth-order valence-electron chi connectivity index (χ4n) is 3.84. The van der Waals surface area contributed by atoms with Gasteiger partial charge in [-0.15, -0.1) is 0 Å². The fourth-order valence-corrected chi connectivity index (χ4v) is 3.84. The summed E-state index contributed by atoms with van der Waals surface area (Å²) >= 11 is 0. The van der Waals surface area contributed by atoms with Crippen molar-refractivity contribution in [2.45, 2.75) is 110 Å². The zero-order valence-electron chi connectivity index (χ0n) is 21.4. The number of carbonyl (C=O) groups excluding carboxylic acids is 1. The number of rotatable bonds is 19. The van der Waals surface area contributed by atoms with Gasteiger partial charge < -0.3 is 19.3 Å². The Morgan fingerprint density at radius 2 is 1.23 bits per heavy atom. The third kappa shape index (κ3) is 25.0. The van der Waals surface area contributed by atoms with Crippen LogP contribution < -0.4 is 5.11 Å². The van der Waals surface area contributed by atoms with Crippen LogP contribution in [0.2, 0.25) is 0 Å². The smallest absolute Gasteiger partial charge is 0.118 e. The molecule has 0 bridgehead atoms. The van der Waals surface area contributed by atoms with Crippen molar-refractivity contribution in [3.05, 3.63) is 0 Å². The van der Waals surface area contributed by atoms with Gasteiger partial charge in [0, 0.05) is 13.1 Å². The Morgan fingerprint density at radius 1 is 0.806 bits per heavy atom. The van der Waals surface area contributed by atoms with Gasteiger partial charge in [-0.3, -0.25) is 4.99 Å². The Balaban J connectivity index is 0.000000954. The molecular formula is C26H53N3O2. The van der Waals surface area contributed by atoms with Gasteiger partial charge >= 0.3 is 0 Å². The van der Waals surface area contributed by atoms with E-state index in [0.29, 0.717) is 4.48 Å². The highest BCUT2D eigenvalue weighted by Crippen LogP contribution is 2.13. The molecule has 0 fully saturated rings. The molecular weight excluding hydrogens is 386 g/mol. The Bertz CT molecular complexity index is 433. The summed E-state index contributed by atoms with van der Waals surface area (Å²) in [6, 6.07) is 0. The second kappa shape index (κ2) is 20.8. The first-order valence-corrected chi connectivity index (χ1v) is 13.1. The van der Waals surface area contributed by atoms with Gasteiger partial charge in [0.25, 0.3) is 0 Å². The quantitative estimate of drug-likeness (QED) is 0.209. The van der Waals surface area contributed by atoms with Crippen LogP contribution in [0.25, 0.3) is 0 Å². The highest BCUT2D eigenvalue weighted by Gasteiger charge is 2.05. The average Bonchev–Trinajstić information content (AvgIpc) is 3.20. The molecule has 5 heteroatoms. The second-order valence-electron chi connectivity index (χ2n) is 10.2. The van der Waals surface area contributed by atoms with E-state index in [2.05, 4.69) is 16.8 Å². The molecule has 5 nitrogen and oxygen atoms in total. The minimum Gasteiger partial charge on any atom is -0.544 e. The summed E-state index contributed by atoms with van der Waals surface area (Å²) in [5.41, 5.74) is 0. The molecule has 0 aromatic carbocycles. The van der Waals surface area contributed by atoms with E-state index in [9.17, 15) is 9.90 Å². The first kappa shape index (κ1) is 29.9. The van der Waals surface area contributed by atoms with Gasteiger partial charge in [-0.2, -0.15) is 0 Å². The van der Waals surface area contributed by atoms with Crippen LogP contribution in [0.4, 0.5) is 0 Å². The lowest BCUT2D eigenvalue weighted by molar-refractivity contribution is -0.864. The Hall–Kier alpha value is -1.10. The van der Waals surface area contributed by atoms with Crippen LogP contribution in [0.5, 0.6) is 0 Å². The monoisotopic (exact) mass is 439 g/mol. The van der Waals surface area contributed by atoms with Gasteiger partial charge in [0.05, 0.1) is 40.0 Å². The highest BCUT2D eigenvalue weighted by molar-refractivity contribution is 5.65. The SMILES string of the molecule is CCCCCCCCCCCCCCCCCCN1C=NCC1.C[N+](C)(C)CC(=O)[O-]. The van der Waals surface area contributed by atoms with Gasteiger partial charge in [-0.25, -0.2) is 0 Å². The van der Waals surface area contributed by atoms with Crippen LogP contribution in [0.1, 0.15) is 110 Å². The molecule has 1 rings (SSSR count). The van der Waals surface area contributed by atoms with Crippen molar-refractivity contribution in [1.29, 1.82) is 0 Å². The van der Waals surface area contributed by atoms with E-state index in [4.69, 9.17) is 0 Å². The zero-order valence-corrected chi connectivity index (χ0v) is 21.4. The average molecular weight is 440 g/mol. The molecule has 0 atom stereocenters. The van der Waals surface area contributed by atoms with Crippen LogP contribution >= 0.6 is 0 Å². The third-order valence-electron chi connectivity index (χ3n) is 5.66. The van der Waals surface area contributed by atoms with E-state index in [1.807, 2.05) is 6.34 Å². The Kier molecular flexibility index (Phi) is 20.0. The molecule has 0 unspecified atom stereocenters. The molecule has 0 amide bonds. The highest BCUT2D eigenvalue weighted by atomic mass is 16.4. The van der Waals surface area contributed by atoms with Crippen LogP contribution in [-0.4, -0.2) is 69.0 Å². The fraction of sp³-hybridized carbons (Fsp3) is 0.923. The minimum atomic E-state index is -1.00. The molecule has 1 heterocycles. The lowest BCUT2D eigenvalue weighted by atomic mass is 10.0. The number of unbranched alkanes of at least 4 members (excludes halogenated alkanes) is 15. The number of carboxylic acids is 1. The van der Waals surface area contributed by atoms with E-state index in [0.717, 1.165) is 13.1 Å². The van der Waals surface area contributed by atoms with Gasteiger partial charge in [0.15, 0.2) is 0 Å². The predicted molar refractivity (Wildman–Crippen MR) is 132 cm³/mol. The molecule has 0 aromatic heterocycles. The molecule has 0 radical (unpaired) electrons. The molecule has 1 aliphatic rings. The van der Waals surface area contributed by atoms with Gasteiger partial charge in [0.1, 0.15) is 6.54 Å². The first-order valence-electron chi connectivity index (χ1n) is 13.1. The second-order valence-corrected chi connectivity index (χ2v) is 10.2. The number of likely N-dealkylation sites (N-methyl/N-ethyl adjacent to an activating group) is 1. The molecule has 1 aliphatic heterocycles. The molecule has 0 saturated heterocycles. The molecule has 0 aliphatic carbocycles. The maximum atomic E-state index is 9.89. The number of carboxylic acid groups (broad SMARTS) is 1. The summed E-state index contributed by atoms with van der Waals surface area (Å²) in [4.78, 5) is 16.5. The zero-order chi connectivity index (χ0) is 23.2. The lowest BCUT2D eigenvalue weighted by Gasteiger charge is -2.23. The molecule has 0 aromatic rings. The van der Waals surface area contributed by atoms with Crippen molar-refractivity contribution >= 4 is 12.3 Å². The minimum absolute atomic E-state index is 0.0694. The number of aliphatic carboxylic acids is 1. The van der Waals surface area contributed by atoms with Crippen LogP contribution in [0, 0.1) is 0 Å². The summed E-state index contributed by atoms with van der Waals surface area (Å²) in [5.74, 6) is -1.00. The summed E-state index contributed by atoms with van der Waals surface area (Å²) in [6.45, 7) is 5.75. The van der Waals surface area contributed by atoms with Crippen LogP contribution in [0.3, 0.4) is 0 Å². The van der Waals surface area contributed by atoms with E-state index in [1.54, 1.807) is 21.1 Å². The van der Waals surface area contributed by atoms with E-state index in [-0.39, 0.29) is 6.54 Å². The van der Waals surface area contributed by atoms with Crippen molar-refractivity contribution in [3.63, 3.8) is 0 Å². The van der Waals surface area contributed by atoms with Crippen LogP contribution in [0.15, 0.2) is 4.99 Å². The Labute approximate surface area is 193 Å². The van der Waals surface area contributed by atoms with Crippen molar-refractivity contribution in [2.75, 3.05) is 47.3 Å². The topological polar surface area (TPSA) is 55.7 Å². The standard InChI is InChI=1S/C21H42N2.C5H11NO2/c1-2-3-4-5-6-7-8-9-10-11-12-13-14-15-16-17-19-23-20-18-22-21-23;1-6(2,3)4-5(7)8/h21H,2-20H2,1H3;4H2,1-3H3. The number of hydrogen-bond acceptors (Lipinski definition) is 4. The Morgan fingerprint density at radius 3 is 1.52 bits per heavy atom. The van der Waals surface area contributed by atoms with Crippen molar-refractivity contribution in [3.8, 4) is 0 Å². The number of carbonyl (C=O) groups is 1. The summed E-state index contributed by atoms with van der Waals surface area (Å²) < 4.78 is 0.419. The molecule has 184 valence electrons. The number of hydrogen-bond donors (Lipinski definition) is 0. The van der Waals surface area contributed by atoms with E-state index in [1.165, 1.54) is 109 Å². The summed E-state index contributed by atoms with van der Waals surface area (Å²) in [6.07, 6.45) is 25.2. The molecule has 0 saturated carbocycles. The molecule has 31 heavy (non-hydrogen) atoms. The number of aliphatic imine (C=N–C) groups is 1. The normalized spacial score (nSPS) is 13.4. The summed E-state index contributed by atoms with van der Waals surface area (Å²) in [5, 5.41) is 9.89. The molecule has 0 spiro atoms. The molecule has 0 N–H and O–H groups in total. The number of quaternary nitrogens is 1. The van der Waals surface area contributed by atoms with Gasteiger partial charge in [0.2, 0.25) is 0 Å². The van der Waals surface area contributed by atoms with Crippen molar-refractivity contribution in [1.82, 2.24) is 4.90 Å². The van der Waals surface area contributed by atoms with E-state index < -0.39 is 5.97 Å². The predicted octanol–water partition coefficient (Wildman–Crippen LogP) is 5.03. The van der Waals surface area contributed by atoms with Crippen molar-refractivity contribution in [2.24, 2.45) is 4.99 Å². The number of nitrogens with zero attached hydrogens (tertiary/aromatic N) is 3.